The first-order chi connectivity index (χ1) is 11.7. The lowest BCUT2D eigenvalue weighted by Gasteiger charge is -2.07. The van der Waals surface area contributed by atoms with Gasteiger partial charge in [-0.25, -0.2) is 0 Å². The number of hydrogen-bond acceptors (Lipinski definition) is 2. The van der Waals surface area contributed by atoms with Gasteiger partial charge in [0.2, 0.25) is 0 Å². The monoisotopic (exact) mass is 327 g/mol. The fourth-order valence-electron chi connectivity index (χ4n) is 3.53. The first kappa shape index (κ1) is 13.8. The van der Waals surface area contributed by atoms with Crippen molar-refractivity contribution in [2.24, 2.45) is 0 Å². The Kier molecular flexibility index (Phi) is 2.85. The SMILES string of the molecule is CN(C)c1cc2ccc3c4cc5ccccc5cc4ccc3c2s1. The second kappa shape index (κ2) is 4.96. The number of fused-ring (bicyclic) bond motifs is 6. The summed E-state index contributed by atoms with van der Waals surface area (Å²) >= 11 is 1.87. The Morgan fingerprint density at radius 3 is 2.12 bits per heavy atom. The van der Waals surface area contributed by atoms with Crippen LogP contribution in [0.5, 0.6) is 0 Å². The van der Waals surface area contributed by atoms with Crippen LogP contribution in [0.15, 0.2) is 66.7 Å². The van der Waals surface area contributed by atoms with Gasteiger partial charge in [0, 0.05) is 24.2 Å². The summed E-state index contributed by atoms with van der Waals surface area (Å²) in [5.41, 5.74) is 0. The summed E-state index contributed by atoms with van der Waals surface area (Å²) < 4.78 is 1.38. The van der Waals surface area contributed by atoms with E-state index in [2.05, 4.69) is 85.7 Å². The van der Waals surface area contributed by atoms with Crippen LogP contribution in [0.3, 0.4) is 0 Å². The molecule has 0 atom stereocenters. The first-order valence-electron chi connectivity index (χ1n) is 8.16. The predicted molar refractivity (Wildman–Crippen MR) is 109 cm³/mol. The molecule has 1 aromatic heterocycles. The van der Waals surface area contributed by atoms with Gasteiger partial charge in [-0.2, -0.15) is 0 Å². The number of benzene rings is 4. The van der Waals surface area contributed by atoms with Crippen molar-refractivity contribution in [2.75, 3.05) is 19.0 Å². The van der Waals surface area contributed by atoms with Gasteiger partial charge in [0.15, 0.2) is 0 Å². The van der Waals surface area contributed by atoms with Crippen LogP contribution in [0.1, 0.15) is 0 Å². The molecule has 0 N–H and O–H groups in total. The van der Waals surface area contributed by atoms with E-state index in [1.54, 1.807) is 0 Å². The summed E-state index contributed by atoms with van der Waals surface area (Å²) in [5, 5.41) is 10.6. The Balaban J connectivity index is 1.92. The largest absolute Gasteiger partial charge is 0.370 e. The zero-order valence-corrected chi connectivity index (χ0v) is 14.5. The molecule has 0 aliphatic rings. The highest BCUT2D eigenvalue weighted by atomic mass is 32.1. The van der Waals surface area contributed by atoms with Crippen LogP contribution in [0.25, 0.3) is 42.4 Å². The van der Waals surface area contributed by atoms with Gasteiger partial charge in [-0.05, 0) is 50.5 Å². The molecule has 2 heteroatoms. The Labute approximate surface area is 144 Å². The van der Waals surface area contributed by atoms with Gasteiger partial charge in [-0.1, -0.05) is 48.5 Å². The molecule has 1 heterocycles. The van der Waals surface area contributed by atoms with E-state index in [-0.39, 0.29) is 0 Å². The maximum atomic E-state index is 2.33. The van der Waals surface area contributed by atoms with Crippen LogP contribution in [-0.4, -0.2) is 14.1 Å². The van der Waals surface area contributed by atoms with Crippen molar-refractivity contribution in [3.63, 3.8) is 0 Å². The molecule has 5 rings (SSSR count). The van der Waals surface area contributed by atoms with Crippen molar-refractivity contribution in [1.29, 1.82) is 0 Å². The van der Waals surface area contributed by atoms with Crippen molar-refractivity contribution in [1.82, 2.24) is 0 Å². The lowest BCUT2D eigenvalue weighted by atomic mass is 9.98. The molecule has 0 spiro atoms. The average Bonchev–Trinajstić information content (AvgIpc) is 3.04. The Morgan fingerprint density at radius 1 is 0.625 bits per heavy atom. The first-order valence-corrected chi connectivity index (χ1v) is 8.97. The normalized spacial score (nSPS) is 11.8. The van der Waals surface area contributed by atoms with Gasteiger partial charge in [0.05, 0.1) is 5.00 Å². The van der Waals surface area contributed by atoms with E-state index in [0.717, 1.165) is 0 Å². The minimum atomic E-state index is 1.30. The molecule has 24 heavy (non-hydrogen) atoms. The maximum Gasteiger partial charge on any atom is 0.0916 e. The second-order valence-electron chi connectivity index (χ2n) is 6.54. The third-order valence-electron chi connectivity index (χ3n) is 4.79. The molecule has 0 aliphatic carbocycles. The number of hydrogen-bond donors (Lipinski definition) is 0. The fourth-order valence-corrected chi connectivity index (χ4v) is 4.64. The molecule has 0 radical (unpaired) electrons. The molecule has 0 saturated carbocycles. The maximum absolute atomic E-state index is 2.33. The third-order valence-corrected chi connectivity index (χ3v) is 6.14. The van der Waals surface area contributed by atoms with E-state index in [1.165, 1.54) is 47.4 Å². The fraction of sp³-hybridized carbons (Fsp3) is 0.0909. The van der Waals surface area contributed by atoms with Gasteiger partial charge in [0.25, 0.3) is 0 Å². The van der Waals surface area contributed by atoms with Crippen LogP contribution in [0.4, 0.5) is 5.00 Å². The highest BCUT2D eigenvalue weighted by Gasteiger charge is 2.09. The Morgan fingerprint density at radius 2 is 1.33 bits per heavy atom. The van der Waals surface area contributed by atoms with Crippen molar-refractivity contribution >= 4 is 58.7 Å². The molecule has 0 amide bonds. The smallest absolute Gasteiger partial charge is 0.0916 e. The lowest BCUT2D eigenvalue weighted by Crippen LogP contribution is -2.05. The summed E-state index contributed by atoms with van der Waals surface area (Å²) in [5.74, 6) is 0. The number of anilines is 1. The quantitative estimate of drug-likeness (QED) is 0.253. The Bertz CT molecular complexity index is 1230. The number of thiophene rings is 1. The van der Waals surface area contributed by atoms with Gasteiger partial charge >= 0.3 is 0 Å². The molecule has 0 fully saturated rings. The van der Waals surface area contributed by atoms with Gasteiger partial charge in [-0.15, -0.1) is 11.3 Å². The van der Waals surface area contributed by atoms with Gasteiger partial charge in [0.1, 0.15) is 0 Å². The Hall–Kier alpha value is -2.58. The topological polar surface area (TPSA) is 3.24 Å². The number of rotatable bonds is 1. The summed E-state index contributed by atoms with van der Waals surface area (Å²) in [6.07, 6.45) is 0. The molecule has 116 valence electrons. The van der Waals surface area contributed by atoms with Gasteiger partial charge in [-0.3, -0.25) is 0 Å². The molecule has 4 aromatic carbocycles. The van der Waals surface area contributed by atoms with E-state index in [0.29, 0.717) is 0 Å². The zero-order valence-electron chi connectivity index (χ0n) is 13.7. The van der Waals surface area contributed by atoms with Crippen LogP contribution in [0.2, 0.25) is 0 Å². The molecular weight excluding hydrogens is 310 g/mol. The second-order valence-corrected chi connectivity index (χ2v) is 7.57. The standard InChI is InChI=1S/C22H17NS/c1-23(2)21-13-17-8-9-18-19(22(17)24-21)10-7-16-11-14-5-3-4-6-15(14)12-20(16)18/h3-13H,1-2H3. The lowest BCUT2D eigenvalue weighted by molar-refractivity contribution is 1.16. The van der Waals surface area contributed by atoms with E-state index in [9.17, 15) is 0 Å². The molecular formula is C22H17NS. The average molecular weight is 327 g/mol. The van der Waals surface area contributed by atoms with E-state index >= 15 is 0 Å². The van der Waals surface area contributed by atoms with Crippen molar-refractivity contribution in [3.05, 3.63) is 66.7 Å². The van der Waals surface area contributed by atoms with Crippen molar-refractivity contribution in [2.45, 2.75) is 0 Å². The molecule has 1 nitrogen and oxygen atoms in total. The molecule has 5 aromatic rings. The number of nitrogens with zero attached hydrogens (tertiary/aromatic N) is 1. The van der Waals surface area contributed by atoms with Crippen LogP contribution in [0, 0.1) is 0 Å². The third kappa shape index (κ3) is 1.93. The van der Waals surface area contributed by atoms with Crippen molar-refractivity contribution in [3.8, 4) is 0 Å². The minimum absolute atomic E-state index is 1.30. The molecule has 0 unspecified atom stereocenters. The predicted octanol–water partition coefficient (Wildman–Crippen LogP) is 6.43. The minimum Gasteiger partial charge on any atom is -0.370 e. The van der Waals surface area contributed by atoms with Crippen molar-refractivity contribution < 1.29 is 0 Å². The van der Waals surface area contributed by atoms with E-state index < -0.39 is 0 Å². The summed E-state index contributed by atoms with van der Waals surface area (Å²) in [7, 11) is 4.21. The van der Waals surface area contributed by atoms with Gasteiger partial charge < -0.3 is 4.90 Å². The molecule has 0 saturated heterocycles. The van der Waals surface area contributed by atoms with E-state index in [1.807, 2.05) is 11.3 Å². The molecule has 0 aliphatic heterocycles. The summed E-state index contributed by atoms with van der Waals surface area (Å²) in [4.78, 5) is 2.19. The van der Waals surface area contributed by atoms with Crippen LogP contribution < -0.4 is 4.90 Å². The molecule has 0 bridgehead atoms. The van der Waals surface area contributed by atoms with Crippen LogP contribution in [-0.2, 0) is 0 Å². The zero-order chi connectivity index (χ0) is 16.3. The van der Waals surface area contributed by atoms with Crippen LogP contribution >= 0.6 is 11.3 Å². The summed E-state index contributed by atoms with van der Waals surface area (Å²) in [6.45, 7) is 0. The highest BCUT2D eigenvalue weighted by molar-refractivity contribution is 7.23. The van der Waals surface area contributed by atoms with E-state index in [4.69, 9.17) is 0 Å². The highest BCUT2D eigenvalue weighted by Crippen LogP contribution is 2.39. The summed E-state index contributed by atoms with van der Waals surface area (Å²) in [6, 6.07) is 24.6.